The Labute approximate surface area is 153 Å². The van der Waals surface area contributed by atoms with E-state index in [2.05, 4.69) is 5.32 Å². The number of benzene rings is 1. The van der Waals surface area contributed by atoms with Gasteiger partial charge >= 0.3 is 0 Å². The summed E-state index contributed by atoms with van der Waals surface area (Å²) in [6.07, 6.45) is 6.64. The van der Waals surface area contributed by atoms with Crippen LogP contribution in [0.25, 0.3) is 0 Å². The lowest BCUT2D eigenvalue weighted by Gasteiger charge is -2.36. The van der Waals surface area contributed by atoms with Crippen LogP contribution in [0.2, 0.25) is 0 Å². The third kappa shape index (κ3) is 3.13. The van der Waals surface area contributed by atoms with Crippen molar-refractivity contribution in [2.45, 2.75) is 70.0 Å². The van der Waals surface area contributed by atoms with Crippen LogP contribution in [0.3, 0.4) is 0 Å². The van der Waals surface area contributed by atoms with Gasteiger partial charge in [-0.15, -0.1) is 0 Å². The van der Waals surface area contributed by atoms with Crippen LogP contribution in [0, 0.1) is 0 Å². The molecule has 1 aliphatic carbocycles. The Morgan fingerprint density at radius 2 is 2.00 bits per heavy atom. The zero-order valence-electron chi connectivity index (χ0n) is 15.3. The van der Waals surface area contributed by atoms with Gasteiger partial charge in [-0.25, -0.2) is 0 Å². The molecule has 26 heavy (non-hydrogen) atoms. The molecule has 1 aromatic rings. The van der Waals surface area contributed by atoms with Crippen LogP contribution in [0.5, 0.6) is 11.5 Å². The summed E-state index contributed by atoms with van der Waals surface area (Å²) in [5.74, 6) is 1.43. The minimum Gasteiger partial charge on any atom is -0.454 e. The molecule has 2 fully saturated rings. The van der Waals surface area contributed by atoms with E-state index >= 15 is 0 Å². The standard InChI is InChI=1S/C20H26N2O4/c1-20(19(24)21-15-5-3-2-4-6-15)10-9-18(23)22(20)12-14-7-8-16-17(11-14)26-13-25-16/h7-8,11,15H,2-6,9-10,12-13H2,1H3,(H,21,24)/t20-/m1/s1. The molecule has 6 nitrogen and oxygen atoms in total. The molecule has 1 aromatic carbocycles. The maximum atomic E-state index is 13.0. The van der Waals surface area contributed by atoms with Gasteiger partial charge in [0.25, 0.3) is 0 Å². The second kappa shape index (κ2) is 6.82. The van der Waals surface area contributed by atoms with Crippen LogP contribution < -0.4 is 14.8 Å². The van der Waals surface area contributed by atoms with E-state index in [1.54, 1.807) is 4.90 Å². The summed E-state index contributed by atoms with van der Waals surface area (Å²) in [5.41, 5.74) is 0.159. The SMILES string of the molecule is C[C@]1(C(=O)NC2CCCCC2)CCC(=O)N1Cc1ccc2c(c1)OCO2. The molecule has 1 saturated heterocycles. The first-order valence-electron chi connectivity index (χ1n) is 9.56. The minimum absolute atomic E-state index is 0.0176. The highest BCUT2D eigenvalue weighted by atomic mass is 16.7. The highest BCUT2D eigenvalue weighted by Gasteiger charge is 2.47. The molecule has 2 amide bonds. The fraction of sp³-hybridized carbons (Fsp3) is 0.600. The van der Waals surface area contributed by atoms with Crippen LogP contribution >= 0.6 is 0 Å². The van der Waals surface area contributed by atoms with Gasteiger partial charge in [-0.2, -0.15) is 0 Å². The molecule has 2 aliphatic heterocycles. The average Bonchev–Trinajstić information content (AvgIpc) is 3.23. The molecule has 1 saturated carbocycles. The van der Waals surface area contributed by atoms with Gasteiger partial charge in [0, 0.05) is 19.0 Å². The summed E-state index contributed by atoms with van der Waals surface area (Å²) in [4.78, 5) is 27.3. The van der Waals surface area contributed by atoms with Crippen molar-refractivity contribution >= 4 is 11.8 Å². The van der Waals surface area contributed by atoms with Crippen molar-refractivity contribution in [3.63, 3.8) is 0 Å². The van der Waals surface area contributed by atoms with Gasteiger partial charge in [-0.1, -0.05) is 25.3 Å². The fourth-order valence-electron chi connectivity index (χ4n) is 4.20. The number of likely N-dealkylation sites (tertiary alicyclic amines) is 1. The first-order chi connectivity index (χ1) is 12.6. The van der Waals surface area contributed by atoms with Crippen LogP contribution in [-0.2, 0) is 16.1 Å². The van der Waals surface area contributed by atoms with Crippen molar-refractivity contribution in [1.29, 1.82) is 0 Å². The molecule has 0 aromatic heterocycles. The lowest BCUT2D eigenvalue weighted by Crippen LogP contribution is -2.56. The van der Waals surface area contributed by atoms with E-state index in [9.17, 15) is 9.59 Å². The second-order valence-electron chi connectivity index (χ2n) is 7.75. The first-order valence-corrected chi connectivity index (χ1v) is 9.56. The summed E-state index contributed by atoms with van der Waals surface area (Å²) in [7, 11) is 0. The minimum atomic E-state index is -0.787. The van der Waals surface area contributed by atoms with Crippen LogP contribution in [0.4, 0.5) is 0 Å². The van der Waals surface area contributed by atoms with E-state index in [0.29, 0.717) is 25.1 Å². The van der Waals surface area contributed by atoms with E-state index in [-0.39, 0.29) is 24.6 Å². The van der Waals surface area contributed by atoms with Gasteiger partial charge in [-0.3, -0.25) is 9.59 Å². The summed E-state index contributed by atoms with van der Waals surface area (Å²) in [6.45, 7) is 2.52. The lowest BCUT2D eigenvalue weighted by molar-refractivity contribution is -0.141. The summed E-state index contributed by atoms with van der Waals surface area (Å²) in [6, 6.07) is 5.93. The molecule has 0 radical (unpaired) electrons. The van der Waals surface area contributed by atoms with E-state index < -0.39 is 5.54 Å². The Hall–Kier alpha value is -2.24. The molecule has 0 spiro atoms. The number of carbonyl (C=O) groups is 2. The molecule has 1 N–H and O–H groups in total. The van der Waals surface area contributed by atoms with Crippen molar-refractivity contribution in [1.82, 2.24) is 10.2 Å². The van der Waals surface area contributed by atoms with Crippen molar-refractivity contribution in [2.75, 3.05) is 6.79 Å². The molecule has 1 atom stereocenters. The number of carbonyl (C=O) groups excluding carboxylic acids is 2. The number of nitrogens with one attached hydrogen (secondary N) is 1. The quantitative estimate of drug-likeness (QED) is 0.899. The Balaban J connectivity index is 1.49. The zero-order chi connectivity index (χ0) is 18.1. The fourth-order valence-corrected chi connectivity index (χ4v) is 4.20. The Bertz CT molecular complexity index is 714. The van der Waals surface area contributed by atoms with E-state index in [0.717, 1.165) is 24.2 Å². The van der Waals surface area contributed by atoms with Crippen LogP contribution in [-0.4, -0.2) is 35.1 Å². The smallest absolute Gasteiger partial charge is 0.245 e. The Morgan fingerprint density at radius 1 is 1.23 bits per heavy atom. The predicted molar refractivity (Wildman–Crippen MR) is 95.8 cm³/mol. The molecule has 2 heterocycles. The van der Waals surface area contributed by atoms with Gasteiger partial charge in [0.1, 0.15) is 5.54 Å². The number of nitrogens with zero attached hydrogens (tertiary/aromatic N) is 1. The van der Waals surface area contributed by atoms with Gasteiger partial charge < -0.3 is 19.7 Å². The molecule has 140 valence electrons. The first kappa shape index (κ1) is 17.2. The highest BCUT2D eigenvalue weighted by molar-refractivity contribution is 5.94. The molecule has 0 unspecified atom stereocenters. The van der Waals surface area contributed by atoms with Crippen molar-refractivity contribution in [2.24, 2.45) is 0 Å². The Kier molecular flexibility index (Phi) is 4.51. The zero-order valence-corrected chi connectivity index (χ0v) is 15.3. The molecule has 0 bridgehead atoms. The summed E-state index contributed by atoms with van der Waals surface area (Å²) < 4.78 is 10.8. The average molecular weight is 358 g/mol. The monoisotopic (exact) mass is 358 g/mol. The molecule has 3 aliphatic rings. The third-order valence-corrected chi connectivity index (χ3v) is 5.93. The van der Waals surface area contributed by atoms with E-state index in [1.807, 2.05) is 25.1 Å². The summed E-state index contributed by atoms with van der Waals surface area (Å²) in [5, 5.41) is 3.20. The maximum absolute atomic E-state index is 13.0. The normalized spacial score (nSPS) is 25.6. The van der Waals surface area contributed by atoms with E-state index in [1.165, 1.54) is 19.3 Å². The highest BCUT2D eigenvalue weighted by Crippen LogP contribution is 2.36. The Morgan fingerprint density at radius 3 is 2.81 bits per heavy atom. The number of rotatable bonds is 4. The van der Waals surface area contributed by atoms with Crippen molar-refractivity contribution in [3.8, 4) is 11.5 Å². The number of fused-ring (bicyclic) bond motifs is 1. The van der Waals surface area contributed by atoms with Gasteiger partial charge in [-0.05, 0) is 43.9 Å². The second-order valence-corrected chi connectivity index (χ2v) is 7.75. The van der Waals surface area contributed by atoms with Gasteiger partial charge in [0.15, 0.2) is 11.5 Å². The number of hydrogen-bond donors (Lipinski definition) is 1. The van der Waals surface area contributed by atoms with E-state index in [4.69, 9.17) is 9.47 Å². The molecule has 6 heteroatoms. The van der Waals surface area contributed by atoms with Gasteiger partial charge in [0.2, 0.25) is 18.6 Å². The van der Waals surface area contributed by atoms with Crippen LogP contribution in [0.1, 0.15) is 57.4 Å². The number of ether oxygens (including phenoxy) is 2. The number of hydrogen-bond acceptors (Lipinski definition) is 4. The van der Waals surface area contributed by atoms with Crippen molar-refractivity contribution < 1.29 is 19.1 Å². The molecular formula is C20H26N2O4. The van der Waals surface area contributed by atoms with Gasteiger partial charge in [0.05, 0.1) is 0 Å². The largest absolute Gasteiger partial charge is 0.454 e. The van der Waals surface area contributed by atoms with Crippen LogP contribution in [0.15, 0.2) is 18.2 Å². The number of amides is 2. The topological polar surface area (TPSA) is 67.9 Å². The summed E-state index contributed by atoms with van der Waals surface area (Å²) >= 11 is 0. The maximum Gasteiger partial charge on any atom is 0.245 e. The third-order valence-electron chi connectivity index (χ3n) is 5.93. The molecule has 4 rings (SSSR count). The molecular weight excluding hydrogens is 332 g/mol. The lowest BCUT2D eigenvalue weighted by atomic mass is 9.92. The predicted octanol–water partition coefficient (Wildman–Crippen LogP) is 2.75. The van der Waals surface area contributed by atoms with Crippen molar-refractivity contribution in [3.05, 3.63) is 23.8 Å².